The first-order chi connectivity index (χ1) is 11.7. The highest BCUT2D eigenvalue weighted by atomic mass is 16.5. The van der Waals surface area contributed by atoms with E-state index in [0.29, 0.717) is 30.4 Å². The van der Waals surface area contributed by atoms with Crippen molar-refractivity contribution in [3.8, 4) is 17.0 Å². The molecule has 1 aliphatic rings. The van der Waals surface area contributed by atoms with E-state index in [9.17, 15) is 9.90 Å². The average molecular weight is 326 g/mol. The van der Waals surface area contributed by atoms with Gasteiger partial charge in [-0.1, -0.05) is 24.3 Å². The van der Waals surface area contributed by atoms with Gasteiger partial charge >= 0.3 is 0 Å². The van der Waals surface area contributed by atoms with E-state index in [0.717, 1.165) is 16.7 Å². The molecule has 0 unspecified atom stereocenters. The maximum Gasteiger partial charge on any atom is 0.256 e. The molecule has 126 valence electrons. The molecule has 3 rings (SSSR count). The monoisotopic (exact) mass is 326 g/mol. The Balaban J connectivity index is 1.95. The number of ether oxygens (including phenoxy) is 1. The Labute approximate surface area is 141 Å². The summed E-state index contributed by atoms with van der Waals surface area (Å²) in [7, 11) is 1.60. The fourth-order valence-electron chi connectivity index (χ4n) is 2.63. The first kappa shape index (κ1) is 16.5. The third-order valence-electron chi connectivity index (χ3n) is 4.19. The van der Waals surface area contributed by atoms with E-state index in [-0.39, 0.29) is 12.5 Å². The van der Waals surface area contributed by atoms with Crippen LogP contribution in [0, 0.1) is 5.92 Å². The topological polar surface area (TPSA) is 71.5 Å². The molecule has 5 nitrogen and oxygen atoms in total. The number of aliphatic hydroxyl groups is 1. The molecular formula is C19H22N2O3. The van der Waals surface area contributed by atoms with Crippen LogP contribution in [-0.2, 0) is 6.42 Å². The van der Waals surface area contributed by atoms with Crippen LogP contribution < -0.4 is 10.1 Å². The molecule has 1 saturated carbocycles. The summed E-state index contributed by atoms with van der Waals surface area (Å²) in [5, 5.41) is 11.9. The molecule has 0 bridgehead atoms. The maximum atomic E-state index is 12.2. The number of pyridine rings is 1. The predicted octanol–water partition coefficient (Wildman–Crippen LogP) is 2.43. The third-order valence-corrected chi connectivity index (χ3v) is 4.19. The largest absolute Gasteiger partial charge is 0.477 e. The summed E-state index contributed by atoms with van der Waals surface area (Å²) in [6, 6.07) is 9.63. The van der Waals surface area contributed by atoms with Crippen LogP contribution in [0.5, 0.6) is 5.88 Å². The van der Waals surface area contributed by atoms with Crippen LogP contribution in [0.15, 0.2) is 36.5 Å². The van der Waals surface area contributed by atoms with Gasteiger partial charge in [0.25, 0.3) is 5.91 Å². The molecule has 1 heterocycles. The van der Waals surface area contributed by atoms with E-state index >= 15 is 0 Å². The lowest BCUT2D eigenvalue weighted by atomic mass is 9.98. The lowest BCUT2D eigenvalue weighted by Crippen LogP contribution is -2.20. The second kappa shape index (κ2) is 7.45. The molecule has 0 saturated heterocycles. The second-order valence-electron chi connectivity index (χ2n) is 6.04. The van der Waals surface area contributed by atoms with Crippen LogP contribution in [0.25, 0.3) is 11.1 Å². The summed E-state index contributed by atoms with van der Waals surface area (Å²) in [5.74, 6) is 0.758. The summed E-state index contributed by atoms with van der Waals surface area (Å²) in [6.45, 7) is 0.687. The number of nitrogens with one attached hydrogen (secondary N) is 1. The highest BCUT2D eigenvalue weighted by Crippen LogP contribution is 2.31. The SMILES string of the molecule is CNC(=O)c1cc(-c2ccccc2CCO)cnc1OCC1CC1. The van der Waals surface area contributed by atoms with Gasteiger partial charge in [-0.25, -0.2) is 4.98 Å². The predicted molar refractivity (Wildman–Crippen MR) is 92.1 cm³/mol. The Kier molecular flexibility index (Phi) is 5.11. The van der Waals surface area contributed by atoms with Crippen LogP contribution in [0.4, 0.5) is 0 Å². The number of rotatable bonds is 7. The summed E-state index contributed by atoms with van der Waals surface area (Å²) in [6.07, 6.45) is 4.65. The van der Waals surface area contributed by atoms with Crippen molar-refractivity contribution in [3.63, 3.8) is 0 Å². The van der Waals surface area contributed by atoms with Crippen molar-refractivity contribution in [2.75, 3.05) is 20.3 Å². The van der Waals surface area contributed by atoms with Crippen LogP contribution in [-0.4, -0.2) is 36.3 Å². The van der Waals surface area contributed by atoms with Crippen LogP contribution >= 0.6 is 0 Å². The first-order valence-electron chi connectivity index (χ1n) is 8.27. The van der Waals surface area contributed by atoms with Crippen molar-refractivity contribution < 1.29 is 14.6 Å². The van der Waals surface area contributed by atoms with E-state index in [1.165, 1.54) is 12.8 Å². The molecule has 0 spiro atoms. The fraction of sp³-hybridized carbons (Fsp3) is 0.368. The van der Waals surface area contributed by atoms with Gasteiger partial charge in [0.05, 0.1) is 6.61 Å². The number of benzene rings is 1. The molecule has 1 aliphatic carbocycles. The minimum Gasteiger partial charge on any atom is -0.477 e. The van der Waals surface area contributed by atoms with E-state index in [1.807, 2.05) is 30.3 Å². The summed E-state index contributed by atoms with van der Waals surface area (Å²) >= 11 is 0. The van der Waals surface area contributed by atoms with Gasteiger partial charge in [-0.2, -0.15) is 0 Å². The van der Waals surface area contributed by atoms with Crippen LogP contribution in [0.1, 0.15) is 28.8 Å². The smallest absolute Gasteiger partial charge is 0.256 e. The third kappa shape index (κ3) is 3.74. The molecule has 1 aromatic heterocycles. The Morgan fingerprint density at radius 2 is 2.17 bits per heavy atom. The Morgan fingerprint density at radius 3 is 2.88 bits per heavy atom. The highest BCUT2D eigenvalue weighted by molar-refractivity contribution is 5.97. The quantitative estimate of drug-likeness (QED) is 0.820. The minimum absolute atomic E-state index is 0.0787. The van der Waals surface area contributed by atoms with Gasteiger partial charge in [0.2, 0.25) is 5.88 Å². The summed E-state index contributed by atoms with van der Waals surface area (Å²) in [5.41, 5.74) is 3.28. The van der Waals surface area contributed by atoms with Crippen molar-refractivity contribution in [1.82, 2.24) is 10.3 Å². The van der Waals surface area contributed by atoms with Crippen LogP contribution in [0.2, 0.25) is 0 Å². The number of hydrogen-bond acceptors (Lipinski definition) is 4. The summed E-state index contributed by atoms with van der Waals surface area (Å²) in [4.78, 5) is 16.6. The van der Waals surface area contributed by atoms with Crippen molar-refractivity contribution in [1.29, 1.82) is 0 Å². The van der Waals surface area contributed by atoms with E-state index in [1.54, 1.807) is 13.2 Å². The lowest BCUT2D eigenvalue weighted by Gasteiger charge is -2.13. The van der Waals surface area contributed by atoms with E-state index in [4.69, 9.17) is 4.74 Å². The van der Waals surface area contributed by atoms with E-state index < -0.39 is 0 Å². The van der Waals surface area contributed by atoms with Gasteiger partial charge in [0.15, 0.2) is 0 Å². The molecule has 1 aromatic carbocycles. The van der Waals surface area contributed by atoms with Gasteiger partial charge in [0.1, 0.15) is 5.56 Å². The zero-order valence-electron chi connectivity index (χ0n) is 13.8. The van der Waals surface area contributed by atoms with Gasteiger partial charge in [-0.3, -0.25) is 4.79 Å². The standard InChI is InChI=1S/C19H22N2O3/c1-20-18(23)17-10-15(11-21-19(17)24-12-13-6-7-13)16-5-3-2-4-14(16)8-9-22/h2-5,10-11,13,22H,6-9,12H2,1H3,(H,20,23). The molecule has 0 atom stereocenters. The number of nitrogens with zero attached hydrogens (tertiary/aromatic N) is 1. The minimum atomic E-state index is -0.213. The number of aliphatic hydroxyl groups excluding tert-OH is 1. The van der Waals surface area contributed by atoms with Gasteiger partial charge in [0, 0.05) is 25.4 Å². The van der Waals surface area contributed by atoms with E-state index in [2.05, 4.69) is 10.3 Å². The molecule has 2 aromatic rings. The molecule has 2 N–H and O–H groups in total. The zero-order valence-corrected chi connectivity index (χ0v) is 13.8. The van der Waals surface area contributed by atoms with Crippen molar-refractivity contribution >= 4 is 5.91 Å². The fourth-order valence-corrected chi connectivity index (χ4v) is 2.63. The molecule has 5 heteroatoms. The molecule has 0 radical (unpaired) electrons. The molecule has 1 amide bonds. The highest BCUT2D eigenvalue weighted by Gasteiger charge is 2.24. The molecule has 1 fully saturated rings. The van der Waals surface area contributed by atoms with Crippen molar-refractivity contribution in [2.24, 2.45) is 5.92 Å². The molecule has 24 heavy (non-hydrogen) atoms. The number of carbonyl (C=O) groups excluding carboxylic acids is 1. The Bertz CT molecular complexity index is 726. The van der Waals surface area contributed by atoms with Gasteiger partial charge in [-0.05, 0) is 42.4 Å². The second-order valence-corrected chi connectivity index (χ2v) is 6.04. The van der Waals surface area contributed by atoms with Crippen molar-refractivity contribution in [3.05, 3.63) is 47.7 Å². The number of amides is 1. The summed E-state index contributed by atoms with van der Waals surface area (Å²) < 4.78 is 5.74. The number of hydrogen-bond donors (Lipinski definition) is 2. The van der Waals surface area contributed by atoms with Gasteiger partial charge in [-0.15, -0.1) is 0 Å². The number of carbonyl (C=O) groups is 1. The lowest BCUT2D eigenvalue weighted by molar-refractivity contribution is 0.0957. The Morgan fingerprint density at radius 1 is 1.38 bits per heavy atom. The normalized spacial score (nSPS) is 13.6. The maximum absolute atomic E-state index is 12.2. The first-order valence-corrected chi connectivity index (χ1v) is 8.27. The number of aromatic nitrogens is 1. The Hall–Kier alpha value is -2.40. The molecule has 0 aliphatic heterocycles. The van der Waals surface area contributed by atoms with Crippen molar-refractivity contribution in [2.45, 2.75) is 19.3 Å². The van der Waals surface area contributed by atoms with Gasteiger partial charge < -0.3 is 15.2 Å². The zero-order chi connectivity index (χ0) is 16.9. The average Bonchev–Trinajstić information content (AvgIpc) is 3.44. The van der Waals surface area contributed by atoms with Crippen LogP contribution in [0.3, 0.4) is 0 Å². The molecular weight excluding hydrogens is 304 g/mol.